The summed E-state index contributed by atoms with van der Waals surface area (Å²) in [6.45, 7) is 6.43. The van der Waals surface area contributed by atoms with Crippen LogP contribution in [0.5, 0.6) is 0 Å². The Morgan fingerprint density at radius 2 is 1.89 bits per heavy atom. The normalized spacial score (nSPS) is 11.6. The first kappa shape index (κ1) is 12.2. The number of hydrogen-bond acceptors (Lipinski definition) is 3. The molecule has 3 aromatic rings. The standard InChI is InChI=1S/C15H17N3S/c1-9(2)12-8-19-15-17-13(14(16)18(12)15)11-6-4-10(3)5-7-11/h4-9H,16H2,1-3H3. The van der Waals surface area contributed by atoms with Crippen LogP contribution < -0.4 is 5.73 Å². The second-order valence-electron chi connectivity index (χ2n) is 5.14. The molecule has 2 aromatic heterocycles. The van der Waals surface area contributed by atoms with E-state index in [1.807, 2.05) is 0 Å². The second-order valence-corrected chi connectivity index (χ2v) is 5.98. The lowest BCUT2D eigenvalue weighted by Gasteiger charge is -2.05. The van der Waals surface area contributed by atoms with Crippen LogP contribution in [-0.4, -0.2) is 9.38 Å². The first-order valence-electron chi connectivity index (χ1n) is 6.40. The molecule has 0 spiro atoms. The quantitative estimate of drug-likeness (QED) is 0.763. The largest absolute Gasteiger partial charge is 0.383 e. The van der Waals surface area contributed by atoms with Crippen LogP contribution in [0, 0.1) is 6.92 Å². The van der Waals surface area contributed by atoms with Crippen molar-refractivity contribution in [3.63, 3.8) is 0 Å². The molecular formula is C15H17N3S. The number of nitrogen functional groups attached to an aromatic ring is 1. The zero-order chi connectivity index (χ0) is 13.6. The van der Waals surface area contributed by atoms with E-state index in [1.165, 1.54) is 11.3 Å². The van der Waals surface area contributed by atoms with Crippen LogP contribution in [0.15, 0.2) is 29.6 Å². The Morgan fingerprint density at radius 3 is 2.53 bits per heavy atom. The molecule has 3 nitrogen and oxygen atoms in total. The van der Waals surface area contributed by atoms with Gasteiger partial charge in [0.2, 0.25) is 0 Å². The van der Waals surface area contributed by atoms with Gasteiger partial charge in [0.25, 0.3) is 0 Å². The van der Waals surface area contributed by atoms with Gasteiger partial charge in [-0.05, 0) is 12.8 Å². The molecule has 2 N–H and O–H groups in total. The third-order valence-electron chi connectivity index (χ3n) is 3.34. The van der Waals surface area contributed by atoms with Gasteiger partial charge < -0.3 is 5.73 Å². The smallest absolute Gasteiger partial charge is 0.196 e. The minimum absolute atomic E-state index is 0.441. The van der Waals surface area contributed by atoms with Crippen LogP contribution in [0.2, 0.25) is 0 Å². The third-order valence-corrected chi connectivity index (χ3v) is 4.19. The monoisotopic (exact) mass is 271 g/mol. The van der Waals surface area contributed by atoms with E-state index in [9.17, 15) is 0 Å². The number of anilines is 1. The average Bonchev–Trinajstić information content (AvgIpc) is 2.92. The summed E-state index contributed by atoms with van der Waals surface area (Å²) in [6, 6.07) is 8.33. The van der Waals surface area contributed by atoms with E-state index < -0.39 is 0 Å². The van der Waals surface area contributed by atoms with Gasteiger partial charge in [-0.3, -0.25) is 4.40 Å². The SMILES string of the molecule is Cc1ccc(-c2nc3scc(C(C)C)n3c2N)cc1. The van der Waals surface area contributed by atoms with Crippen molar-refractivity contribution in [2.75, 3.05) is 5.73 Å². The van der Waals surface area contributed by atoms with E-state index in [2.05, 4.69) is 59.8 Å². The maximum absolute atomic E-state index is 6.30. The highest BCUT2D eigenvalue weighted by molar-refractivity contribution is 7.15. The fourth-order valence-corrected chi connectivity index (χ4v) is 3.28. The van der Waals surface area contributed by atoms with E-state index >= 15 is 0 Å². The highest BCUT2D eigenvalue weighted by Crippen LogP contribution is 2.32. The van der Waals surface area contributed by atoms with Crippen LogP contribution in [0.3, 0.4) is 0 Å². The molecule has 19 heavy (non-hydrogen) atoms. The van der Waals surface area contributed by atoms with E-state index in [4.69, 9.17) is 5.73 Å². The zero-order valence-corrected chi connectivity index (χ0v) is 12.2. The Kier molecular flexibility index (Phi) is 2.82. The van der Waals surface area contributed by atoms with Crippen LogP contribution in [0.4, 0.5) is 5.82 Å². The molecule has 0 amide bonds. The van der Waals surface area contributed by atoms with Gasteiger partial charge in [0, 0.05) is 16.6 Å². The summed E-state index contributed by atoms with van der Waals surface area (Å²) in [5.74, 6) is 1.18. The van der Waals surface area contributed by atoms with E-state index in [-0.39, 0.29) is 0 Å². The van der Waals surface area contributed by atoms with Crippen molar-refractivity contribution in [1.29, 1.82) is 0 Å². The molecule has 0 unspecified atom stereocenters. The second kappa shape index (κ2) is 4.38. The van der Waals surface area contributed by atoms with E-state index in [0.29, 0.717) is 5.92 Å². The molecule has 98 valence electrons. The fraction of sp³-hybridized carbons (Fsp3) is 0.267. The highest BCUT2D eigenvalue weighted by Gasteiger charge is 2.16. The maximum atomic E-state index is 6.30. The van der Waals surface area contributed by atoms with E-state index in [0.717, 1.165) is 22.0 Å². The lowest BCUT2D eigenvalue weighted by molar-refractivity contribution is 0.814. The molecule has 0 saturated carbocycles. The molecule has 2 heterocycles. The summed E-state index contributed by atoms with van der Waals surface area (Å²) in [7, 11) is 0. The van der Waals surface area contributed by atoms with E-state index in [1.54, 1.807) is 11.3 Å². The van der Waals surface area contributed by atoms with Crippen LogP contribution in [0.1, 0.15) is 31.0 Å². The van der Waals surface area contributed by atoms with Gasteiger partial charge in [-0.15, -0.1) is 11.3 Å². The Bertz CT molecular complexity index is 720. The molecular weight excluding hydrogens is 254 g/mol. The summed E-state index contributed by atoms with van der Waals surface area (Å²) in [5, 5.41) is 2.14. The molecule has 0 bridgehead atoms. The van der Waals surface area contributed by atoms with Crippen molar-refractivity contribution in [1.82, 2.24) is 9.38 Å². The number of thiazole rings is 1. The molecule has 0 aliphatic carbocycles. The van der Waals surface area contributed by atoms with Crippen molar-refractivity contribution in [3.05, 3.63) is 40.9 Å². The van der Waals surface area contributed by atoms with Crippen LogP contribution in [0.25, 0.3) is 16.2 Å². The molecule has 4 heteroatoms. The fourth-order valence-electron chi connectivity index (χ4n) is 2.22. The van der Waals surface area contributed by atoms with Gasteiger partial charge in [0.05, 0.1) is 0 Å². The first-order valence-corrected chi connectivity index (χ1v) is 7.28. The third kappa shape index (κ3) is 1.92. The predicted molar refractivity (Wildman–Crippen MR) is 81.7 cm³/mol. The summed E-state index contributed by atoms with van der Waals surface area (Å²) < 4.78 is 2.07. The topological polar surface area (TPSA) is 43.3 Å². The molecule has 3 rings (SSSR count). The van der Waals surface area contributed by atoms with Gasteiger partial charge >= 0.3 is 0 Å². The lowest BCUT2D eigenvalue weighted by atomic mass is 10.1. The molecule has 0 aliphatic rings. The molecule has 0 aliphatic heterocycles. The minimum atomic E-state index is 0.441. The summed E-state index contributed by atoms with van der Waals surface area (Å²) in [5.41, 5.74) is 10.7. The summed E-state index contributed by atoms with van der Waals surface area (Å²) >= 11 is 1.65. The Morgan fingerprint density at radius 1 is 1.21 bits per heavy atom. The van der Waals surface area contributed by atoms with Crippen molar-refractivity contribution < 1.29 is 0 Å². The molecule has 1 aromatic carbocycles. The molecule has 0 atom stereocenters. The van der Waals surface area contributed by atoms with Gasteiger partial charge in [0.1, 0.15) is 11.5 Å². The van der Waals surface area contributed by atoms with Crippen LogP contribution >= 0.6 is 11.3 Å². The Labute approximate surface area is 116 Å². The number of nitrogens with two attached hydrogens (primary N) is 1. The predicted octanol–water partition coefficient (Wildman–Crippen LogP) is 4.08. The average molecular weight is 271 g/mol. The number of imidazole rings is 1. The van der Waals surface area contributed by atoms with Crippen molar-refractivity contribution in [3.8, 4) is 11.3 Å². The number of rotatable bonds is 2. The molecule has 0 saturated heterocycles. The number of benzene rings is 1. The summed E-state index contributed by atoms with van der Waals surface area (Å²) in [4.78, 5) is 5.64. The zero-order valence-electron chi connectivity index (χ0n) is 11.3. The highest BCUT2D eigenvalue weighted by atomic mass is 32.1. The van der Waals surface area contributed by atoms with Gasteiger partial charge in [-0.25, -0.2) is 4.98 Å². The number of aromatic nitrogens is 2. The Hall–Kier alpha value is -1.81. The van der Waals surface area contributed by atoms with Gasteiger partial charge in [0.15, 0.2) is 4.96 Å². The number of nitrogens with zero attached hydrogens (tertiary/aromatic N) is 2. The lowest BCUT2D eigenvalue weighted by Crippen LogP contribution is -1.99. The number of hydrogen-bond donors (Lipinski definition) is 1. The molecule has 0 radical (unpaired) electrons. The van der Waals surface area contributed by atoms with Gasteiger partial charge in [-0.2, -0.15) is 0 Å². The first-order chi connectivity index (χ1) is 9.08. The van der Waals surface area contributed by atoms with Crippen molar-refractivity contribution in [2.45, 2.75) is 26.7 Å². The van der Waals surface area contributed by atoms with Crippen molar-refractivity contribution in [2.24, 2.45) is 0 Å². The number of aryl methyl sites for hydroxylation is 1. The molecule has 0 fully saturated rings. The van der Waals surface area contributed by atoms with Crippen molar-refractivity contribution >= 4 is 22.1 Å². The van der Waals surface area contributed by atoms with Crippen LogP contribution in [-0.2, 0) is 0 Å². The Balaban J connectivity index is 2.20. The maximum Gasteiger partial charge on any atom is 0.196 e. The summed E-state index contributed by atoms with van der Waals surface area (Å²) in [6.07, 6.45) is 0. The minimum Gasteiger partial charge on any atom is -0.383 e. The van der Waals surface area contributed by atoms with Gasteiger partial charge in [-0.1, -0.05) is 43.7 Å². The number of fused-ring (bicyclic) bond motifs is 1.